The summed E-state index contributed by atoms with van der Waals surface area (Å²) in [7, 11) is 1.77. The van der Waals surface area contributed by atoms with Crippen LogP contribution in [-0.2, 0) is 11.3 Å². The second kappa shape index (κ2) is 5.61. The number of likely N-dealkylation sites (tertiary alicyclic amines) is 1. The highest BCUT2D eigenvalue weighted by Crippen LogP contribution is 2.20. The lowest BCUT2D eigenvalue weighted by Crippen LogP contribution is -2.43. The number of halogens is 1. The molecule has 1 N–H and O–H groups in total. The first kappa shape index (κ1) is 13.9. The first-order valence-electron chi connectivity index (χ1n) is 6.29. The highest BCUT2D eigenvalue weighted by Gasteiger charge is 2.23. The van der Waals surface area contributed by atoms with Crippen molar-refractivity contribution in [1.82, 2.24) is 14.7 Å². The molecule has 1 amide bonds. The first-order chi connectivity index (χ1) is 9.02. The number of carbonyl (C=O) groups is 1. The van der Waals surface area contributed by atoms with Gasteiger partial charge in [0.15, 0.2) is 0 Å². The van der Waals surface area contributed by atoms with Gasteiger partial charge < -0.3 is 10.2 Å². The molecule has 1 aliphatic rings. The van der Waals surface area contributed by atoms with Gasteiger partial charge in [-0.05, 0) is 13.3 Å². The second-order valence-electron chi connectivity index (χ2n) is 4.65. The molecule has 2 rings (SSSR count). The molecule has 1 unspecified atom stereocenters. The number of amides is 1. The SMILES string of the molecule is CCn1ncc(NC2CCC(=O)N(C)C2)c(Cl)c1=O. The average Bonchev–Trinajstić information content (AvgIpc) is 2.40. The number of aromatic nitrogens is 2. The number of nitrogens with one attached hydrogen (secondary N) is 1. The molecule has 1 aromatic heterocycles. The van der Waals surface area contributed by atoms with E-state index in [2.05, 4.69) is 10.4 Å². The fourth-order valence-corrected chi connectivity index (χ4v) is 2.34. The highest BCUT2D eigenvalue weighted by atomic mass is 35.5. The van der Waals surface area contributed by atoms with Crippen LogP contribution in [-0.4, -0.2) is 40.2 Å². The number of anilines is 1. The first-order valence-corrected chi connectivity index (χ1v) is 6.66. The van der Waals surface area contributed by atoms with Gasteiger partial charge in [0.2, 0.25) is 5.91 Å². The van der Waals surface area contributed by atoms with E-state index in [1.54, 1.807) is 18.1 Å². The zero-order chi connectivity index (χ0) is 14.0. The number of carbonyl (C=O) groups excluding carboxylic acids is 1. The summed E-state index contributed by atoms with van der Waals surface area (Å²) in [4.78, 5) is 24.9. The Morgan fingerprint density at radius 3 is 2.89 bits per heavy atom. The minimum absolute atomic E-state index is 0.0962. The van der Waals surface area contributed by atoms with E-state index in [9.17, 15) is 9.59 Å². The van der Waals surface area contributed by atoms with Gasteiger partial charge in [-0.3, -0.25) is 9.59 Å². The second-order valence-corrected chi connectivity index (χ2v) is 5.03. The van der Waals surface area contributed by atoms with Gasteiger partial charge in [-0.15, -0.1) is 0 Å². The quantitative estimate of drug-likeness (QED) is 0.897. The Balaban J connectivity index is 2.14. The van der Waals surface area contributed by atoms with Gasteiger partial charge >= 0.3 is 0 Å². The van der Waals surface area contributed by atoms with E-state index in [-0.39, 0.29) is 22.5 Å². The zero-order valence-corrected chi connectivity index (χ0v) is 11.8. The van der Waals surface area contributed by atoms with Crippen LogP contribution in [0.5, 0.6) is 0 Å². The molecule has 1 atom stereocenters. The molecule has 0 saturated carbocycles. The van der Waals surface area contributed by atoms with Crippen molar-refractivity contribution in [3.05, 3.63) is 21.6 Å². The third-order valence-electron chi connectivity index (χ3n) is 3.27. The van der Waals surface area contributed by atoms with Crippen molar-refractivity contribution in [3.63, 3.8) is 0 Å². The average molecular weight is 285 g/mol. The Morgan fingerprint density at radius 2 is 2.26 bits per heavy atom. The van der Waals surface area contributed by atoms with Crippen LogP contribution in [0.25, 0.3) is 0 Å². The van der Waals surface area contributed by atoms with Crippen molar-refractivity contribution < 1.29 is 4.79 Å². The molecule has 104 valence electrons. The zero-order valence-electron chi connectivity index (χ0n) is 11.0. The summed E-state index contributed by atoms with van der Waals surface area (Å²) in [6, 6.07) is 0.0962. The molecule has 7 heteroatoms. The summed E-state index contributed by atoms with van der Waals surface area (Å²) in [6.07, 6.45) is 2.80. The maximum absolute atomic E-state index is 11.8. The van der Waals surface area contributed by atoms with Gasteiger partial charge in [0.05, 0.1) is 11.9 Å². The van der Waals surface area contributed by atoms with Gasteiger partial charge in [-0.25, -0.2) is 4.68 Å². The van der Waals surface area contributed by atoms with Crippen molar-refractivity contribution in [3.8, 4) is 0 Å². The number of likely N-dealkylation sites (N-methyl/N-ethyl adjacent to an activating group) is 1. The molecule has 19 heavy (non-hydrogen) atoms. The topological polar surface area (TPSA) is 67.2 Å². The summed E-state index contributed by atoms with van der Waals surface area (Å²) in [5.74, 6) is 0.142. The van der Waals surface area contributed by atoms with Crippen LogP contribution in [0.15, 0.2) is 11.0 Å². The third kappa shape index (κ3) is 2.89. The molecule has 0 bridgehead atoms. The molecule has 1 saturated heterocycles. The number of rotatable bonds is 3. The van der Waals surface area contributed by atoms with Crippen LogP contribution in [0.3, 0.4) is 0 Å². The molecule has 6 nitrogen and oxygen atoms in total. The third-order valence-corrected chi connectivity index (χ3v) is 3.64. The lowest BCUT2D eigenvalue weighted by Gasteiger charge is -2.30. The fraction of sp³-hybridized carbons (Fsp3) is 0.583. The summed E-state index contributed by atoms with van der Waals surface area (Å²) in [5.41, 5.74) is 0.235. The predicted octanol–water partition coefficient (Wildman–Crippen LogP) is 0.949. The van der Waals surface area contributed by atoms with Crippen LogP contribution in [0, 0.1) is 0 Å². The summed E-state index contributed by atoms with van der Waals surface area (Å²) >= 11 is 6.05. The van der Waals surface area contributed by atoms with Crippen LogP contribution < -0.4 is 10.9 Å². The summed E-state index contributed by atoms with van der Waals surface area (Å²) in [5, 5.41) is 7.37. The molecule has 0 aliphatic carbocycles. The van der Waals surface area contributed by atoms with E-state index in [4.69, 9.17) is 11.6 Å². The van der Waals surface area contributed by atoms with Crippen LogP contribution in [0.4, 0.5) is 5.69 Å². The number of nitrogens with zero attached hydrogens (tertiary/aromatic N) is 3. The Labute approximate surface area is 116 Å². The Bertz CT molecular complexity index is 543. The van der Waals surface area contributed by atoms with Crippen molar-refractivity contribution in [2.24, 2.45) is 0 Å². The van der Waals surface area contributed by atoms with E-state index in [1.807, 2.05) is 6.92 Å². The number of piperidine rings is 1. The molecule has 0 spiro atoms. The van der Waals surface area contributed by atoms with Crippen LogP contribution in [0.1, 0.15) is 19.8 Å². The number of hydrogen-bond acceptors (Lipinski definition) is 4. The van der Waals surface area contributed by atoms with E-state index < -0.39 is 0 Å². The molecule has 2 heterocycles. The van der Waals surface area contributed by atoms with E-state index in [1.165, 1.54) is 4.68 Å². The lowest BCUT2D eigenvalue weighted by atomic mass is 10.1. The maximum atomic E-state index is 11.8. The molecular weight excluding hydrogens is 268 g/mol. The van der Waals surface area contributed by atoms with Crippen molar-refractivity contribution in [2.45, 2.75) is 32.4 Å². The molecular formula is C12H17ClN4O2. The predicted molar refractivity (Wildman–Crippen MR) is 73.5 cm³/mol. The lowest BCUT2D eigenvalue weighted by molar-refractivity contribution is -0.132. The molecule has 1 aliphatic heterocycles. The Hall–Kier alpha value is -1.56. The van der Waals surface area contributed by atoms with E-state index in [0.29, 0.717) is 25.2 Å². The molecule has 1 aromatic rings. The van der Waals surface area contributed by atoms with Gasteiger partial charge in [-0.1, -0.05) is 11.6 Å². The minimum Gasteiger partial charge on any atom is -0.378 e. The van der Waals surface area contributed by atoms with Crippen LogP contribution >= 0.6 is 11.6 Å². The smallest absolute Gasteiger partial charge is 0.287 e. The van der Waals surface area contributed by atoms with Gasteiger partial charge in [0, 0.05) is 32.6 Å². The van der Waals surface area contributed by atoms with Gasteiger partial charge in [-0.2, -0.15) is 5.10 Å². The number of hydrogen-bond donors (Lipinski definition) is 1. The van der Waals surface area contributed by atoms with E-state index in [0.717, 1.165) is 6.42 Å². The molecule has 0 aromatic carbocycles. The maximum Gasteiger partial charge on any atom is 0.287 e. The van der Waals surface area contributed by atoms with Crippen molar-refractivity contribution >= 4 is 23.2 Å². The number of aryl methyl sites for hydroxylation is 1. The van der Waals surface area contributed by atoms with Gasteiger partial charge in [0.1, 0.15) is 5.02 Å². The highest BCUT2D eigenvalue weighted by molar-refractivity contribution is 6.32. The fourth-order valence-electron chi connectivity index (χ4n) is 2.14. The Kier molecular flexibility index (Phi) is 4.09. The Morgan fingerprint density at radius 1 is 1.53 bits per heavy atom. The van der Waals surface area contributed by atoms with Crippen molar-refractivity contribution in [2.75, 3.05) is 18.9 Å². The van der Waals surface area contributed by atoms with Gasteiger partial charge in [0.25, 0.3) is 5.56 Å². The molecule has 1 fully saturated rings. The van der Waals surface area contributed by atoms with Crippen molar-refractivity contribution in [1.29, 1.82) is 0 Å². The summed E-state index contributed by atoms with van der Waals surface area (Å²) in [6.45, 7) is 2.92. The van der Waals surface area contributed by atoms with Crippen LogP contribution in [0.2, 0.25) is 5.02 Å². The molecule has 0 radical (unpaired) electrons. The monoisotopic (exact) mass is 284 g/mol. The normalized spacial score (nSPS) is 19.6. The standard InChI is InChI=1S/C12H17ClN4O2/c1-3-17-12(19)11(13)9(6-14-17)15-8-4-5-10(18)16(2)7-8/h6,8,15H,3-5,7H2,1-2H3. The summed E-state index contributed by atoms with van der Waals surface area (Å²) < 4.78 is 1.31. The minimum atomic E-state index is -0.297. The van der Waals surface area contributed by atoms with E-state index >= 15 is 0 Å². The largest absolute Gasteiger partial charge is 0.378 e.